The van der Waals surface area contributed by atoms with Crippen LogP contribution < -0.4 is 9.64 Å². The van der Waals surface area contributed by atoms with E-state index >= 15 is 0 Å². The van der Waals surface area contributed by atoms with Crippen LogP contribution in [0.25, 0.3) is 0 Å². The van der Waals surface area contributed by atoms with Gasteiger partial charge in [-0.1, -0.05) is 0 Å². The monoisotopic (exact) mass is 374 g/mol. The molecule has 1 aliphatic heterocycles. The minimum atomic E-state index is -3.48. The van der Waals surface area contributed by atoms with Crippen molar-refractivity contribution in [2.75, 3.05) is 32.1 Å². The summed E-state index contributed by atoms with van der Waals surface area (Å²) in [6, 6.07) is 12.0. The lowest BCUT2D eigenvalue weighted by Crippen LogP contribution is -2.28. The third kappa shape index (κ3) is 3.32. The largest absolute Gasteiger partial charge is 0.494 e. The molecular formula is C19H22N2O4S. The molecule has 0 atom stereocenters. The van der Waals surface area contributed by atoms with Crippen molar-refractivity contribution in [1.82, 2.24) is 4.31 Å². The van der Waals surface area contributed by atoms with E-state index in [1.165, 1.54) is 18.4 Å². The molecule has 0 spiro atoms. The van der Waals surface area contributed by atoms with E-state index in [0.717, 1.165) is 17.0 Å². The highest BCUT2D eigenvalue weighted by Crippen LogP contribution is 2.32. The molecule has 0 saturated carbocycles. The molecule has 138 valence electrons. The van der Waals surface area contributed by atoms with E-state index in [4.69, 9.17) is 4.74 Å². The van der Waals surface area contributed by atoms with E-state index < -0.39 is 10.0 Å². The number of carbonyl (C=O) groups excluding carboxylic acids is 1. The van der Waals surface area contributed by atoms with Crippen molar-refractivity contribution in [2.45, 2.75) is 18.2 Å². The number of rotatable bonds is 5. The van der Waals surface area contributed by atoms with Crippen LogP contribution in [-0.2, 0) is 16.4 Å². The van der Waals surface area contributed by atoms with Crippen LogP contribution in [0.1, 0.15) is 22.8 Å². The quantitative estimate of drug-likeness (QED) is 0.807. The van der Waals surface area contributed by atoms with Crippen molar-refractivity contribution >= 4 is 21.6 Å². The Labute approximate surface area is 154 Å². The smallest absolute Gasteiger partial charge is 0.258 e. The minimum Gasteiger partial charge on any atom is -0.494 e. The molecule has 0 fully saturated rings. The van der Waals surface area contributed by atoms with Gasteiger partial charge in [0.2, 0.25) is 10.0 Å². The second-order valence-electron chi connectivity index (χ2n) is 6.24. The molecule has 7 heteroatoms. The molecule has 1 heterocycles. The first-order chi connectivity index (χ1) is 12.3. The summed E-state index contributed by atoms with van der Waals surface area (Å²) >= 11 is 0. The second kappa shape index (κ2) is 7.09. The first-order valence-electron chi connectivity index (χ1n) is 8.44. The highest BCUT2D eigenvalue weighted by atomic mass is 32.2. The van der Waals surface area contributed by atoms with Crippen LogP contribution in [-0.4, -0.2) is 45.9 Å². The van der Waals surface area contributed by atoms with E-state index in [2.05, 4.69) is 0 Å². The maximum atomic E-state index is 12.8. The number of hydrogen-bond acceptors (Lipinski definition) is 4. The number of nitrogens with zero attached hydrogens (tertiary/aromatic N) is 2. The molecule has 6 nitrogen and oxygen atoms in total. The third-order valence-electron chi connectivity index (χ3n) is 4.38. The summed E-state index contributed by atoms with van der Waals surface area (Å²) in [4.78, 5) is 14.8. The van der Waals surface area contributed by atoms with E-state index in [9.17, 15) is 13.2 Å². The Morgan fingerprint density at radius 2 is 1.85 bits per heavy atom. The highest BCUT2D eigenvalue weighted by molar-refractivity contribution is 7.89. The van der Waals surface area contributed by atoms with E-state index in [-0.39, 0.29) is 10.8 Å². The number of ether oxygens (including phenoxy) is 1. The van der Waals surface area contributed by atoms with E-state index in [1.807, 2.05) is 6.92 Å². The normalized spacial score (nSPS) is 13.8. The fraction of sp³-hybridized carbons (Fsp3) is 0.316. The molecular weight excluding hydrogens is 352 g/mol. The molecule has 2 aromatic rings. The molecule has 1 amide bonds. The Morgan fingerprint density at radius 1 is 1.15 bits per heavy atom. The van der Waals surface area contributed by atoms with Crippen LogP contribution in [0.15, 0.2) is 47.4 Å². The molecule has 0 radical (unpaired) electrons. The van der Waals surface area contributed by atoms with Gasteiger partial charge in [-0.2, -0.15) is 0 Å². The Hall–Kier alpha value is -2.38. The first kappa shape index (κ1) is 18.4. The highest BCUT2D eigenvalue weighted by Gasteiger charge is 2.28. The first-order valence-corrected chi connectivity index (χ1v) is 9.88. The number of hydrogen-bond donors (Lipinski definition) is 0. The van der Waals surface area contributed by atoms with Gasteiger partial charge in [0.25, 0.3) is 5.91 Å². The fourth-order valence-corrected chi connectivity index (χ4v) is 3.93. The fourth-order valence-electron chi connectivity index (χ4n) is 2.98. The van der Waals surface area contributed by atoms with Crippen molar-refractivity contribution in [3.8, 4) is 5.75 Å². The number of amides is 1. The number of carbonyl (C=O) groups is 1. The van der Waals surface area contributed by atoms with Crippen LogP contribution in [0.4, 0.5) is 5.69 Å². The molecule has 0 unspecified atom stereocenters. The maximum absolute atomic E-state index is 12.8. The van der Waals surface area contributed by atoms with E-state index in [1.54, 1.807) is 47.4 Å². The Kier molecular flexibility index (Phi) is 5.02. The van der Waals surface area contributed by atoms with Crippen molar-refractivity contribution in [3.63, 3.8) is 0 Å². The predicted octanol–water partition coefficient (Wildman–Crippen LogP) is 2.54. The zero-order valence-electron chi connectivity index (χ0n) is 15.1. The van der Waals surface area contributed by atoms with Crippen LogP contribution in [0.2, 0.25) is 0 Å². The van der Waals surface area contributed by atoms with Gasteiger partial charge in [-0.25, -0.2) is 12.7 Å². The average molecular weight is 374 g/mol. The number of fused-ring (bicyclic) bond motifs is 1. The van der Waals surface area contributed by atoms with Gasteiger partial charge in [0.15, 0.2) is 0 Å². The average Bonchev–Trinajstić information content (AvgIpc) is 3.05. The number of benzene rings is 2. The van der Waals surface area contributed by atoms with Gasteiger partial charge < -0.3 is 9.64 Å². The topological polar surface area (TPSA) is 66.9 Å². The van der Waals surface area contributed by atoms with Crippen LogP contribution in [0.5, 0.6) is 5.75 Å². The summed E-state index contributed by atoms with van der Waals surface area (Å²) in [5, 5.41) is 0. The SMILES string of the molecule is CCOc1ccc(C(=O)N2CCc3cc(S(=O)(=O)N(C)C)ccc32)cc1. The Balaban J connectivity index is 1.86. The molecule has 2 aromatic carbocycles. The van der Waals surface area contributed by atoms with Gasteiger partial charge in [0.05, 0.1) is 11.5 Å². The Morgan fingerprint density at radius 3 is 2.46 bits per heavy atom. The van der Waals surface area contributed by atoms with Gasteiger partial charge in [-0.05, 0) is 61.4 Å². The Bertz CT molecular complexity index is 921. The standard InChI is InChI=1S/C19H22N2O4S/c1-4-25-16-7-5-14(6-8-16)19(22)21-12-11-15-13-17(9-10-18(15)21)26(23,24)20(2)3/h5-10,13H,4,11-12H2,1-3H3. The molecule has 0 aromatic heterocycles. The molecule has 26 heavy (non-hydrogen) atoms. The van der Waals surface area contributed by atoms with Gasteiger partial charge in [0.1, 0.15) is 5.75 Å². The van der Waals surface area contributed by atoms with Gasteiger partial charge in [0, 0.05) is 31.9 Å². The van der Waals surface area contributed by atoms with Gasteiger partial charge in [-0.3, -0.25) is 4.79 Å². The summed E-state index contributed by atoms with van der Waals surface area (Å²) < 4.78 is 31.2. The molecule has 0 saturated heterocycles. The summed E-state index contributed by atoms with van der Waals surface area (Å²) in [5.41, 5.74) is 2.21. The van der Waals surface area contributed by atoms with Crippen molar-refractivity contribution in [1.29, 1.82) is 0 Å². The van der Waals surface area contributed by atoms with Crippen LogP contribution in [0, 0.1) is 0 Å². The molecule has 3 rings (SSSR count). The van der Waals surface area contributed by atoms with Crippen molar-refractivity contribution in [2.24, 2.45) is 0 Å². The van der Waals surface area contributed by atoms with Crippen molar-refractivity contribution in [3.05, 3.63) is 53.6 Å². The summed E-state index contributed by atoms with van der Waals surface area (Å²) in [7, 11) is -0.474. The molecule has 0 aliphatic carbocycles. The van der Waals surface area contributed by atoms with Crippen molar-refractivity contribution < 1.29 is 17.9 Å². The zero-order valence-corrected chi connectivity index (χ0v) is 15.9. The van der Waals surface area contributed by atoms with E-state index in [0.29, 0.717) is 25.1 Å². The maximum Gasteiger partial charge on any atom is 0.258 e. The molecule has 0 bridgehead atoms. The lowest BCUT2D eigenvalue weighted by atomic mass is 10.1. The lowest BCUT2D eigenvalue weighted by molar-refractivity contribution is 0.0989. The number of anilines is 1. The number of sulfonamides is 1. The summed E-state index contributed by atoms with van der Waals surface area (Å²) in [6.45, 7) is 3.02. The van der Waals surface area contributed by atoms with Crippen LogP contribution >= 0.6 is 0 Å². The van der Waals surface area contributed by atoms with Crippen LogP contribution in [0.3, 0.4) is 0 Å². The predicted molar refractivity (Wildman–Crippen MR) is 100 cm³/mol. The third-order valence-corrected chi connectivity index (χ3v) is 6.19. The van der Waals surface area contributed by atoms with Gasteiger partial charge >= 0.3 is 0 Å². The lowest BCUT2D eigenvalue weighted by Gasteiger charge is -2.18. The molecule has 0 N–H and O–H groups in total. The summed E-state index contributed by atoms with van der Waals surface area (Å²) in [5.74, 6) is 0.624. The zero-order chi connectivity index (χ0) is 18.9. The second-order valence-corrected chi connectivity index (χ2v) is 8.39. The minimum absolute atomic E-state index is 0.102. The summed E-state index contributed by atoms with van der Waals surface area (Å²) in [6.07, 6.45) is 0.634. The molecule has 1 aliphatic rings. The van der Waals surface area contributed by atoms with Gasteiger partial charge in [-0.15, -0.1) is 0 Å².